The number of carboxylic acid groups (broad SMARTS) is 2. The number of aliphatic carboxylic acids is 2. The van der Waals surface area contributed by atoms with Crippen molar-refractivity contribution in [1.82, 2.24) is 0 Å². The molecule has 14 heavy (non-hydrogen) atoms. The van der Waals surface area contributed by atoms with E-state index in [0.29, 0.717) is 6.42 Å². The highest BCUT2D eigenvalue weighted by Crippen LogP contribution is 2.41. The van der Waals surface area contributed by atoms with Gasteiger partial charge in [-0.15, -0.1) is 0 Å². The van der Waals surface area contributed by atoms with Crippen molar-refractivity contribution in [3.05, 3.63) is 0 Å². The Morgan fingerprint density at radius 2 is 1.86 bits per heavy atom. The lowest BCUT2D eigenvalue weighted by molar-refractivity contribution is -0.148. The molecular formula is C10H16O4. The summed E-state index contributed by atoms with van der Waals surface area (Å²) >= 11 is 0. The van der Waals surface area contributed by atoms with Crippen LogP contribution in [0.25, 0.3) is 0 Å². The molecule has 1 saturated carbocycles. The quantitative estimate of drug-likeness (QED) is 0.723. The zero-order valence-electron chi connectivity index (χ0n) is 8.43. The van der Waals surface area contributed by atoms with E-state index in [9.17, 15) is 9.59 Å². The van der Waals surface area contributed by atoms with Crippen LogP contribution in [-0.2, 0) is 9.59 Å². The van der Waals surface area contributed by atoms with Crippen molar-refractivity contribution in [2.75, 3.05) is 0 Å². The van der Waals surface area contributed by atoms with Crippen LogP contribution in [0.1, 0.15) is 26.7 Å². The molecule has 1 rings (SSSR count). The standard InChI is InChI=1S/C10H16O4/c1-5-3-4-7(6(2)9(11)12)8(5)10(13)14/h5-8H,3-4H2,1-2H3,(H,11,12)(H,13,14)/t5-,6-,7-,8-/m1/s1. The van der Waals surface area contributed by atoms with Gasteiger partial charge in [0.25, 0.3) is 0 Å². The van der Waals surface area contributed by atoms with Crippen LogP contribution in [0, 0.1) is 23.7 Å². The van der Waals surface area contributed by atoms with Gasteiger partial charge in [-0.1, -0.05) is 13.8 Å². The Bertz CT molecular complexity index is 249. The molecule has 0 aromatic rings. The third kappa shape index (κ3) is 1.89. The van der Waals surface area contributed by atoms with E-state index in [4.69, 9.17) is 10.2 Å². The maximum atomic E-state index is 11.0. The molecule has 0 heterocycles. The third-order valence-electron chi connectivity index (χ3n) is 3.35. The average Bonchev–Trinajstić information content (AvgIpc) is 2.45. The van der Waals surface area contributed by atoms with Gasteiger partial charge in [-0.3, -0.25) is 9.59 Å². The molecule has 80 valence electrons. The molecule has 0 amide bonds. The minimum absolute atomic E-state index is 0.0966. The van der Waals surface area contributed by atoms with Gasteiger partial charge in [-0.05, 0) is 24.7 Å². The molecule has 4 atom stereocenters. The molecule has 0 aromatic heterocycles. The molecule has 2 N–H and O–H groups in total. The van der Waals surface area contributed by atoms with Gasteiger partial charge in [0.1, 0.15) is 0 Å². The zero-order valence-corrected chi connectivity index (χ0v) is 8.43. The number of hydrogen-bond donors (Lipinski definition) is 2. The first-order chi connectivity index (χ1) is 6.45. The normalized spacial score (nSPS) is 34.0. The van der Waals surface area contributed by atoms with Crippen LogP contribution in [0.4, 0.5) is 0 Å². The molecule has 1 aliphatic rings. The first-order valence-corrected chi connectivity index (χ1v) is 4.90. The summed E-state index contributed by atoms with van der Waals surface area (Å²) in [6.07, 6.45) is 1.53. The highest BCUT2D eigenvalue weighted by Gasteiger charge is 2.43. The predicted octanol–water partition coefficient (Wildman–Crippen LogP) is 1.45. The fraction of sp³-hybridized carbons (Fsp3) is 0.800. The summed E-state index contributed by atoms with van der Waals surface area (Å²) in [5.41, 5.74) is 0. The second kappa shape index (κ2) is 3.98. The van der Waals surface area contributed by atoms with Crippen LogP contribution in [0.5, 0.6) is 0 Å². The van der Waals surface area contributed by atoms with E-state index < -0.39 is 23.8 Å². The zero-order chi connectivity index (χ0) is 10.9. The molecule has 1 fully saturated rings. The van der Waals surface area contributed by atoms with Gasteiger partial charge in [0.15, 0.2) is 0 Å². The van der Waals surface area contributed by atoms with E-state index in [2.05, 4.69) is 0 Å². The average molecular weight is 200 g/mol. The van der Waals surface area contributed by atoms with E-state index >= 15 is 0 Å². The lowest BCUT2D eigenvalue weighted by atomic mass is 9.82. The summed E-state index contributed by atoms with van der Waals surface area (Å²) in [5, 5.41) is 17.8. The van der Waals surface area contributed by atoms with Gasteiger partial charge in [0, 0.05) is 0 Å². The van der Waals surface area contributed by atoms with E-state index in [-0.39, 0.29) is 11.8 Å². The first kappa shape index (κ1) is 11.0. The van der Waals surface area contributed by atoms with E-state index in [0.717, 1.165) is 6.42 Å². The Balaban J connectivity index is 2.79. The van der Waals surface area contributed by atoms with Crippen molar-refractivity contribution < 1.29 is 19.8 Å². The van der Waals surface area contributed by atoms with Crippen LogP contribution in [0.15, 0.2) is 0 Å². The van der Waals surface area contributed by atoms with Crippen molar-refractivity contribution in [2.45, 2.75) is 26.7 Å². The molecule has 0 saturated heterocycles. The molecule has 1 aliphatic carbocycles. The molecule has 0 unspecified atom stereocenters. The van der Waals surface area contributed by atoms with Crippen molar-refractivity contribution in [3.8, 4) is 0 Å². The summed E-state index contributed by atoms with van der Waals surface area (Å²) in [6.45, 7) is 3.48. The molecule has 0 bridgehead atoms. The lowest BCUT2D eigenvalue weighted by Crippen LogP contribution is -2.30. The summed E-state index contributed by atoms with van der Waals surface area (Å²) < 4.78 is 0. The minimum atomic E-state index is -0.893. The van der Waals surface area contributed by atoms with Crippen molar-refractivity contribution in [1.29, 1.82) is 0 Å². The van der Waals surface area contributed by atoms with Gasteiger partial charge in [-0.25, -0.2) is 0 Å². The minimum Gasteiger partial charge on any atom is -0.481 e. The Morgan fingerprint density at radius 3 is 2.29 bits per heavy atom. The van der Waals surface area contributed by atoms with Gasteiger partial charge in [-0.2, -0.15) is 0 Å². The van der Waals surface area contributed by atoms with Crippen LogP contribution in [-0.4, -0.2) is 22.2 Å². The molecule has 4 heteroatoms. The van der Waals surface area contributed by atoms with Gasteiger partial charge >= 0.3 is 11.9 Å². The summed E-state index contributed by atoms with van der Waals surface area (Å²) in [5.74, 6) is -2.90. The largest absolute Gasteiger partial charge is 0.481 e. The Kier molecular flexibility index (Phi) is 3.13. The topological polar surface area (TPSA) is 74.6 Å². The molecule has 0 radical (unpaired) electrons. The fourth-order valence-corrected chi connectivity index (χ4v) is 2.41. The van der Waals surface area contributed by atoms with E-state index in [1.54, 1.807) is 6.92 Å². The number of carbonyl (C=O) groups is 2. The second-order valence-electron chi connectivity index (χ2n) is 4.21. The van der Waals surface area contributed by atoms with E-state index in [1.807, 2.05) is 6.92 Å². The summed E-state index contributed by atoms with van der Waals surface area (Å²) in [4.78, 5) is 21.7. The Labute approximate surface area is 82.9 Å². The Morgan fingerprint density at radius 1 is 1.29 bits per heavy atom. The number of hydrogen-bond acceptors (Lipinski definition) is 2. The van der Waals surface area contributed by atoms with Crippen molar-refractivity contribution in [3.63, 3.8) is 0 Å². The molecule has 0 spiro atoms. The van der Waals surface area contributed by atoms with Crippen molar-refractivity contribution >= 4 is 11.9 Å². The third-order valence-corrected chi connectivity index (χ3v) is 3.35. The molecule has 4 nitrogen and oxygen atoms in total. The predicted molar refractivity (Wildman–Crippen MR) is 49.8 cm³/mol. The van der Waals surface area contributed by atoms with Gasteiger partial charge in [0.05, 0.1) is 11.8 Å². The first-order valence-electron chi connectivity index (χ1n) is 4.90. The maximum absolute atomic E-state index is 11.0. The van der Waals surface area contributed by atoms with Crippen LogP contribution in [0.3, 0.4) is 0 Å². The lowest BCUT2D eigenvalue weighted by Gasteiger charge is -2.21. The SMILES string of the molecule is C[C@@H]1CC[C@H]([C@@H](C)C(=O)O)[C@@H]1C(=O)O. The van der Waals surface area contributed by atoms with Crippen molar-refractivity contribution in [2.24, 2.45) is 23.7 Å². The van der Waals surface area contributed by atoms with E-state index in [1.165, 1.54) is 0 Å². The second-order valence-corrected chi connectivity index (χ2v) is 4.21. The summed E-state index contributed by atoms with van der Waals surface area (Å²) in [7, 11) is 0. The van der Waals surface area contributed by atoms with Gasteiger partial charge in [0.2, 0.25) is 0 Å². The van der Waals surface area contributed by atoms with Crippen LogP contribution >= 0.6 is 0 Å². The monoisotopic (exact) mass is 200 g/mol. The van der Waals surface area contributed by atoms with Gasteiger partial charge < -0.3 is 10.2 Å². The van der Waals surface area contributed by atoms with Crippen LogP contribution < -0.4 is 0 Å². The molecule has 0 aliphatic heterocycles. The summed E-state index contributed by atoms with van der Waals surface area (Å²) in [6, 6.07) is 0. The van der Waals surface area contributed by atoms with Crippen LogP contribution in [0.2, 0.25) is 0 Å². The number of rotatable bonds is 3. The smallest absolute Gasteiger partial charge is 0.307 e. The highest BCUT2D eigenvalue weighted by atomic mass is 16.4. The maximum Gasteiger partial charge on any atom is 0.307 e. The molecular weight excluding hydrogens is 184 g/mol. The highest BCUT2D eigenvalue weighted by molar-refractivity contribution is 5.75. The fourth-order valence-electron chi connectivity index (χ4n) is 2.41. The number of carboxylic acids is 2. The Hall–Kier alpha value is -1.06. The molecule has 0 aromatic carbocycles.